The summed E-state index contributed by atoms with van der Waals surface area (Å²) in [5.41, 5.74) is 0. The summed E-state index contributed by atoms with van der Waals surface area (Å²) in [5, 5.41) is 0. The molecule has 0 radical (unpaired) electrons. The summed E-state index contributed by atoms with van der Waals surface area (Å²) in [7, 11) is 0. The molecule has 338 valence electrons. The Morgan fingerprint density at radius 3 is 0.931 bits per heavy atom. The third-order valence-corrected chi connectivity index (χ3v) is 10.8. The lowest BCUT2D eigenvalue weighted by Gasteiger charge is -2.18. The molecule has 0 aliphatic rings. The molecular weight excluding hydrogens is 721 g/mol. The van der Waals surface area contributed by atoms with E-state index in [9.17, 15) is 14.4 Å². The minimum atomic E-state index is -0.781. The topological polar surface area (TPSA) is 78.9 Å². The van der Waals surface area contributed by atoms with Gasteiger partial charge in [-0.15, -0.1) is 0 Å². The number of ether oxygens (including phenoxy) is 3. The van der Waals surface area contributed by atoms with Crippen LogP contribution in [0.1, 0.15) is 258 Å². The number of hydrogen-bond donors (Lipinski definition) is 0. The fourth-order valence-electron chi connectivity index (χ4n) is 7.01. The lowest BCUT2D eigenvalue weighted by atomic mass is 10.1. The predicted octanol–water partition coefficient (Wildman–Crippen LogP) is 16.1. The molecule has 0 aromatic heterocycles. The molecule has 0 rings (SSSR count). The van der Waals surface area contributed by atoms with E-state index in [1.54, 1.807) is 0 Å². The Labute approximate surface area is 359 Å². The molecule has 0 saturated heterocycles. The average Bonchev–Trinajstić information content (AvgIpc) is 3.22. The SMILES string of the molecule is CCCCC/C=C\CCCCCCCC(=O)OCC(COC(=O)CCCCCCCCC/C=C\CCCCCC)OC(=O)CCCCC/C=C\CCCCCCCC. The van der Waals surface area contributed by atoms with Crippen molar-refractivity contribution in [2.45, 2.75) is 264 Å². The summed E-state index contributed by atoms with van der Waals surface area (Å²) >= 11 is 0. The van der Waals surface area contributed by atoms with Crippen molar-refractivity contribution < 1.29 is 28.6 Å². The maximum Gasteiger partial charge on any atom is 0.306 e. The van der Waals surface area contributed by atoms with Gasteiger partial charge in [-0.05, 0) is 96.3 Å². The Kier molecular flexibility index (Phi) is 45.4. The van der Waals surface area contributed by atoms with Crippen LogP contribution >= 0.6 is 0 Å². The van der Waals surface area contributed by atoms with Gasteiger partial charge in [0.25, 0.3) is 0 Å². The lowest BCUT2D eigenvalue weighted by Crippen LogP contribution is -2.30. The molecule has 0 saturated carbocycles. The summed E-state index contributed by atoms with van der Waals surface area (Å²) in [6.45, 7) is 6.58. The van der Waals surface area contributed by atoms with Gasteiger partial charge in [-0.1, -0.05) is 179 Å². The molecule has 0 aromatic carbocycles. The van der Waals surface area contributed by atoms with Gasteiger partial charge in [0.05, 0.1) is 0 Å². The third-order valence-electron chi connectivity index (χ3n) is 10.8. The third kappa shape index (κ3) is 44.7. The molecule has 0 aliphatic carbocycles. The summed E-state index contributed by atoms with van der Waals surface area (Å²) in [5.74, 6) is -0.906. The van der Waals surface area contributed by atoms with Crippen LogP contribution in [0.25, 0.3) is 0 Å². The van der Waals surface area contributed by atoms with Gasteiger partial charge in [-0.2, -0.15) is 0 Å². The summed E-state index contributed by atoms with van der Waals surface area (Å²) in [6, 6.07) is 0. The van der Waals surface area contributed by atoms with Crippen LogP contribution in [0.3, 0.4) is 0 Å². The molecule has 1 atom stereocenters. The van der Waals surface area contributed by atoms with Crippen LogP contribution in [-0.4, -0.2) is 37.2 Å². The second-order valence-corrected chi connectivity index (χ2v) is 16.7. The molecule has 0 aromatic rings. The molecule has 0 aliphatic heterocycles. The Morgan fingerprint density at radius 2 is 0.569 bits per heavy atom. The largest absolute Gasteiger partial charge is 0.462 e. The summed E-state index contributed by atoms with van der Waals surface area (Å²) in [4.78, 5) is 37.9. The van der Waals surface area contributed by atoms with Crippen molar-refractivity contribution >= 4 is 17.9 Å². The van der Waals surface area contributed by atoms with Gasteiger partial charge in [0.2, 0.25) is 0 Å². The molecule has 1 unspecified atom stereocenters. The average molecular weight is 815 g/mol. The molecule has 0 bridgehead atoms. The van der Waals surface area contributed by atoms with E-state index in [0.29, 0.717) is 19.3 Å². The zero-order valence-electron chi connectivity index (χ0n) is 38.6. The van der Waals surface area contributed by atoms with Gasteiger partial charge in [0.1, 0.15) is 13.2 Å². The normalized spacial score (nSPS) is 12.3. The van der Waals surface area contributed by atoms with Crippen LogP contribution in [0, 0.1) is 0 Å². The maximum atomic E-state index is 12.7. The number of esters is 3. The van der Waals surface area contributed by atoms with E-state index in [-0.39, 0.29) is 31.1 Å². The fourth-order valence-corrected chi connectivity index (χ4v) is 7.01. The van der Waals surface area contributed by atoms with Crippen LogP contribution in [0.2, 0.25) is 0 Å². The molecule has 0 N–H and O–H groups in total. The van der Waals surface area contributed by atoms with Crippen LogP contribution < -0.4 is 0 Å². The molecule has 0 fully saturated rings. The molecule has 0 spiro atoms. The number of allylic oxidation sites excluding steroid dienone is 6. The Morgan fingerprint density at radius 1 is 0.328 bits per heavy atom. The Bertz CT molecular complexity index is 984. The van der Waals surface area contributed by atoms with Crippen molar-refractivity contribution in [1.29, 1.82) is 0 Å². The lowest BCUT2D eigenvalue weighted by molar-refractivity contribution is -0.167. The van der Waals surface area contributed by atoms with Crippen molar-refractivity contribution in [2.24, 2.45) is 0 Å². The molecular formula is C52H94O6. The molecule has 58 heavy (non-hydrogen) atoms. The van der Waals surface area contributed by atoms with Gasteiger partial charge in [-0.25, -0.2) is 0 Å². The second-order valence-electron chi connectivity index (χ2n) is 16.7. The quantitative estimate of drug-likeness (QED) is 0.0264. The van der Waals surface area contributed by atoms with E-state index in [1.165, 1.54) is 141 Å². The van der Waals surface area contributed by atoms with Gasteiger partial charge in [0, 0.05) is 19.3 Å². The number of carbonyl (C=O) groups excluding carboxylic acids is 3. The van der Waals surface area contributed by atoms with Gasteiger partial charge < -0.3 is 14.2 Å². The van der Waals surface area contributed by atoms with Crippen molar-refractivity contribution in [3.63, 3.8) is 0 Å². The van der Waals surface area contributed by atoms with Gasteiger partial charge >= 0.3 is 17.9 Å². The number of unbranched alkanes of at least 4 members (excludes halogenated alkanes) is 28. The summed E-state index contributed by atoms with van der Waals surface area (Å²) < 4.78 is 16.7. The van der Waals surface area contributed by atoms with Gasteiger partial charge in [0.15, 0.2) is 6.10 Å². The first-order chi connectivity index (χ1) is 28.5. The smallest absolute Gasteiger partial charge is 0.306 e. The van der Waals surface area contributed by atoms with Crippen molar-refractivity contribution in [3.05, 3.63) is 36.5 Å². The van der Waals surface area contributed by atoms with E-state index in [0.717, 1.165) is 77.0 Å². The number of rotatable bonds is 45. The first-order valence-electron chi connectivity index (χ1n) is 25.0. The fraction of sp³-hybridized carbons (Fsp3) is 0.827. The highest BCUT2D eigenvalue weighted by Crippen LogP contribution is 2.14. The van der Waals surface area contributed by atoms with Crippen molar-refractivity contribution in [3.8, 4) is 0 Å². The molecule has 6 heteroatoms. The molecule has 0 amide bonds. The first-order valence-corrected chi connectivity index (χ1v) is 25.0. The molecule has 6 nitrogen and oxygen atoms in total. The minimum absolute atomic E-state index is 0.0819. The number of hydrogen-bond acceptors (Lipinski definition) is 6. The van der Waals surface area contributed by atoms with Crippen molar-refractivity contribution in [1.82, 2.24) is 0 Å². The molecule has 0 heterocycles. The zero-order valence-corrected chi connectivity index (χ0v) is 38.6. The maximum absolute atomic E-state index is 12.7. The zero-order chi connectivity index (χ0) is 42.3. The van der Waals surface area contributed by atoms with E-state index in [4.69, 9.17) is 14.2 Å². The van der Waals surface area contributed by atoms with Crippen molar-refractivity contribution in [2.75, 3.05) is 13.2 Å². The van der Waals surface area contributed by atoms with Crippen LogP contribution in [0.4, 0.5) is 0 Å². The minimum Gasteiger partial charge on any atom is -0.462 e. The summed E-state index contributed by atoms with van der Waals surface area (Å²) in [6.07, 6.45) is 54.1. The van der Waals surface area contributed by atoms with E-state index in [2.05, 4.69) is 57.2 Å². The number of carbonyl (C=O) groups is 3. The van der Waals surface area contributed by atoms with Crippen LogP contribution in [-0.2, 0) is 28.6 Å². The standard InChI is InChI=1S/C52H94O6/c1-4-7-10-13-16-19-22-25-26-28-30-33-36-39-42-45-51(54)57-48-49(47-56-50(53)44-41-38-35-32-29-24-21-18-15-12-9-6-3)58-52(55)46-43-40-37-34-31-27-23-20-17-14-11-8-5-2/h18-19,21-22,27,31,49H,4-17,20,23-26,28-30,32-48H2,1-3H3/b21-18-,22-19-,31-27-. The van der Waals surface area contributed by atoms with Gasteiger partial charge in [-0.3, -0.25) is 14.4 Å². The van der Waals surface area contributed by atoms with E-state index < -0.39 is 6.10 Å². The predicted molar refractivity (Wildman–Crippen MR) is 247 cm³/mol. The highest BCUT2D eigenvalue weighted by Gasteiger charge is 2.19. The highest BCUT2D eigenvalue weighted by molar-refractivity contribution is 5.71. The first kappa shape index (κ1) is 55.6. The highest BCUT2D eigenvalue weighted by atomic mass is 16.6. The second kappa shape index (κ2) is 47.3. The van der Waals surface area contributed by atoms with Crippen LogP contribution in [0.5, 0.6) is 0 Å². The van der Waals surface area contributed by atoms with E-state index in [1.807, 2.05) is 0 Å². The van der Waals surface area contributed by atoms with E-state index >= 15 is 0 Å². The Balaban J connectivity index is 4.39. The Hall–Kier alpha value is -2.37. The monoisotopic (exact) mass is 815 g/mol. The van der Waals surface area contributed by atoms with Crippen LogP contribution in [0.15, 0.2) is 36.5 Å².